The zero-order valence-corrected chi connectivity index (χ0v) is 7.07. The van der Waals surface area contributed by atoms with Gasteiger partial charge in [-0.05, 0) is 44.4 Å². The van der Waals surface area contributed by atoms with Crippen LogP contribution >= 0.6 is 0 Å². The molecule has 1 nitrogen and oxygen atoms in total. The van der Waals surface area contributed by atoms with Crippen LogP contribution in [0.15, 0.2) is 11.6 Å². The minimum Gasteiger partial charge on any atom is -0.359 e. The number of rotatable bonds is 0. The van der Waals surface area contributed by atoms with Crippen molar-refractivity contribution >= 4 is 6.08 Å². The van der Waals surface area contributed by atoms with Gasteiger partial charge in [0, 0.05) is 11.4 Å². The predicted molar refractivity (Wildman–Crippen MR) is 47.5 cm³/mol. The molecule has 1 aromatic rings. The molecule has 1 aliphatic rings. The van der Waals surface area contributed by atoms with Crippen molar-refractivity contribution < 1.29 is 0 Å². The Hall–Kier alpha value is -0.980. The van der Waals surface area contributed by atoms with E-state index in [9.17, 15) is 0 Å². The van der Waals surface area contributed by atoms with Gasteiger partial charge >= 0.3 is 0 Å². The number of allylic oxidation sites excluding steroid dienone is 1. The number of fused-ring (bicyclic) bond motifs is 1. The summed E-state index contributed by atoms with van der Waals surface area (Å²) < 4.78 is 0. The molecule has 58 valence electrons. The summed E-state index contributed by atoms with van der Waals surface area (Å²) in [5.74, 6) is 0. The summed E-state index contributed by atoms with van der Waals surface area (Å²) >= 11 is 0. The first-order valence-electron chi connectivity index (χ1n) is 4.11. The van der Waals surface area contributed by atoms with Crippen LogP contribution in [-0.2, 0) is 6.42 Å². The molecule has 0 aliphatic heterocycles. The van der Waals surface area contributed by atoms with Gasteiger partial charge in [-0.2, -0.15) is 0 Å². The molecule has 1 aromatic heterocycles. The largest absolute Gasteiger partial charge is 0.359 e. The average Bonchev–Trinajstić information content (AvgIpc) is 2.27. The third-order valence-corrected chi connectivity index (χ3v) is 2.25. The number of H-pyrrole nitrogens is 1. The summed E-state index contributed by atoms with van der Waals surface area (Å²) in [6.07, 6.45) is 4.69. The van der Waals surface area contributed by atoms with E-state index < -0.39 is 0 Å². The second kappa shape index (κ2) is 2.26. The van der Waals surface area contributed by atoms with Gasteiger partial charge in [-0.15, -0.1) is 0 Å². The predicted octanol–water partition coefficient (Wildman–Crippen LogP) is 2.67. The van der Waals surface area contributed by atoms with Gasteiger partial charge in [-0.1, -0.05) is 5.57 Å². The maximum absolute atomic E-state index is 3.35. The first kappa shape index (κ1) is 6.71. The van der Waals surface area contributed by atoms with E-state index in [2.05, 4.69) is 31.0 Å². The lowest BCUT2D eigenvalue weighted by molar-refractivity contribution is 0.927. The van der Waals surface area contributed by atoms with Crippen LogP contribution in [-0.4, -0.2) is 4.98 Å². The molecule has 1 aliphatic carbocycles. The Morgan fingerprint density at radius 2 is 2.09 bits per heavy atom. The van der Waals surface area contributed by atoms with Crippen molar-refractivity contribution in [1.29, 1.82) is 0 Å². The van der Waals surface area contributed by atoms with Crippen LogP contribution in [0.4, 0.5) is 0 Å². The maximum Gasteiger partial charge on any atom is 0.0414 e. The molecule has 0 radical (unpaired) electrons. The van der Waals surface area contributed by atoms with Crippen molar-refractivity contribution in [2.24, 2.45) is 0 Å². The highest BCUT2D eigenvalue weighted by Crippen LogP contribution is 2.23. The second-order valence-electron chi connectivity index (χ2n) is 3.38. The zero-order chi connectivity index (χ0) is 7.84. The molecule has 0 atom stereocenters. The molecule has 2 rings (SSSR count). The van der Waals surface area contributed by atoms with Crippen molar-refractivity contribution in [2.45, 2.75) is 26.7 Å². The quantitative estimate of drug-likeness (QED) is 0.580. The van der Waals surface area contributed by atoms with Crippen LogP contribution in [0, 0.1) is 6.92 Å². The molecule has 0 saturated carbocycles. The van der Waals surface area contributed by atoms with Crippen LogP contribution in [0.1, 0.15) is 30.3 Å². The standard InChI is InChI=1S/C10H13N/c1-7-3-4-9-6-8(2)11-10(9)5-7/h5-6,11H,3-4H2,1-2H3. The summed E-state index contributed by atoms with van der Waals surface area (Å²) in [6.45, 7) is 4.31. The van der Waals surface area contributed by atoms with Crippen molar-refractivity contribution in [2.75, 3.05) is 0 Å². The zero-order valence-electron chi connectivity index (χ0n) is 7.07. The normalized spacial score (nSPS) is 16.0. The Bertz CT molecular complexity index is 305. The van der Waals surface area contributed by atoms with Gasteiger partial charge in [0.05, 0.1) is 0 Å². The van der Waals surface area contributed by atoms with E-state index in [4.69, 9.17) is 0 Å². The van der Waals surface area contributed by atoms with Gasteiger partial charge < -0.3 is 4.98 Å². The molecule has 0 fully saturated rings. The minimum atomic E-state index is 1.21. The molecular formula is C10H13N. The molecule has 0 amide bonds. The Morgan fingerprint density at radius 1 is 1.27 bits per heavy atom. The van der Waals surface area contributed by atoms with Crippen LogP contribution in [0.5, 0.6) is 0 Å². The van der Waals surface area contributed by atoms with E-state index in [1.807, 2.05) is 0 Å². The minimum absolute atomic E-state index is 1.21. The lowest BCUT2D eigenvalue weighted by Gasteiger charge is -2.08. The van der Waals surface area contributed by atoms with Gasteiger partial charge in [-0.3, -0.25) is 0 Å². The Kier molecular flexibility index (Phi) is 1.38. The second-order valence-corrected chi connectivity index (χ2v) is 3.38. The maximum atomic E-state index is 3.35. The van der Waals surface area contributed by atoms with E-state index in [0.717, 1.165) is 0 Å². The van der Waals surface area contributed by atoms with Crippen LogP contribution in [0.3, 0.4) is 0 Å². The summed E-state index contributed by atoms with van der Waals surface area (Å²) in [5, 5.41) is 0. The van der Waals surface area contributed by atoms with Crippen molar-refractivity contribution in [1.82, 2.24) is 4.98 Å². The molecular weight excluding hydrogens is 134 g/mol. The number of aryl methyl sites for hydroxylation is 2. The third-order valence-electron chi connectivity index (χ3n) is 2.25. The Morgan fingerprint density at radius 3 is 2.91 bits per heavy atom. The van der Waals surface area contributed by atoms with Crippen LogP contribution in [0.25, 0.3) is 6.08 Å². The lowest BCUT2D eigenvalue weighted by Crippen LogP contribution is -1.93. The van der Waals surface area contributed by atoms with Crippen molar-refractivity contribution in [3.05, 3.63) is 28.6 Å². The van der Waals surface area contributed by atoms with Gasteiger partial charge in [0.15, 0.2) is 0 Å². The fraction of sp³-hybridized carbons (Fsp3) is 0.400. The van der Waals surface area contributed by atoms with Crippen LogP contribution in [0.2, 0.25) is 0 Å². The first-order valence-corrected chi connectivity index (χ1v) is 4.11. The molecule has 11 heavy (non-hydrogen) atoms. The van der Waals surface area contributed by atoms with Crippen molar-refractivity contribution in [3.63, 3.8) is 0 Å². The van der Waals surface area contributed by atoms with Crippen molar-refractivity contribution in [3.8, 4) is 0 Å². The van der Waals surface area contributed by atoms with E-state index in [-0.39, 0.29) is 0 Å². The molecule has 0 spiro atoms. The third kappa shape index (κ3) is 1.11. The van der Waals surface area contributed by atoms with Gasteiger partial charge in [0.25, 0.3) is 0 Å². The van der Waals surface area contributed by atoms with Gasteiger partial charge in [-0.25, -0.2) is 0 Å². The number of aromatic amines is 1. The van der Waals surface area contributed by atoms with Gasteiger partial charge in [0.1, 0.15) is 0 Å². The van der Waals surface area contributed by atoms with E-state index in [0.29, 0.717) is 0 Å². The van der Waals surface area contributed by atoms with Crippen LogP contribution < -0.4 is 0 Å². The summed E-state index contributed by atoms with van der Waals surface area (Å²) in [4.78, 5) is 3.35. The molecule has 0 bridgehead atoms. The highest BCUT2D eigenvalue weighted by Gasteiger charge is 2.08. The Labute approximate surface area is 67.1 Å². The highest BCUT2D eigenvalue weighted by atomic mass is 14.7. The summed E-state index contributed by atoms with van der Waals surface area (Å²) in [7, 11) is 0. The first-order chi connectivity index (χ1) is 5.25. The van der Waals surface area contributed by atoms with E-state index >= 15 is 0 Å². The van der Waals surface area contributed by atoms with E-state index in [1.54, 1.807) is 0 Å². The summed E-state index contributed by atoms with van der Waals surface area (Å²) in [6, 6.07) is 2.25. The molecule has 1 heterocycles. The average molecular weight is 147 g/mol. The number of hydrogen-bond acceptors (Lipinski definition) is 0. The number of hydrogen-bond donors (Lipinski definition) is 1. The monoisotopic (exact) mass is 147 g/mol. The number of nitrogens with one attached hydrogen (secondary N) is 1. The molecule has 1 heteroatoms. The highest BCUT2D eigenvalue weighted by molar-refractivity contribution is 5.56. The fourth-order valence-corrected chi connectivity index (χ4v) is 1.65. The van der Waals surface area contributed by atoms with Gasteiger partial charge in [0.2, 0.25) is 0 Å². The fourth-order valence-electron chi connectivity index (χ4n) is 1.65. The molecule has 0 saturated heterocycles. The summed E-state index contributed by atoms with van der Waals surface area (Å²) in [5.41, 5.74) is 5.57. The molecule has 0 unspecified atom stereocenters. The smallest absolute Gasteiger partial charge is 0.0414 e. The lowest BCUT2D eigenvalue weighted by atomic mass is 9.99. The SMILES string of the molecule is CC1=Cc2[nH]c(C)cc2CC1. The Balaban J connectivity index is 2.50. The topological polar surface area (TPSA) is 15.8 Å². The number of aromatic nitrogens is 1. The molecule has 1 N–H and O–H groups in total. The van der Waals surface area contributed by atoms with E-state index in [1.165, 1.54) is 35.4 Å². The molecule has 0 aromatic carbocycles.